The Labute approximate surface area is 161 Å². The summed E-state index contributed by atoms with van der Waals surface area (Å²) in [6.07, 6.45) is 0. The van der Waals surface area contributed by atoms with Crippen LogP contribution in [0.15, 0.2) is 53.4 Å². The van der Waals surface area contributed by atoms with E-state index in [1.807, 2.05) is 0 Å². The number of aliphatic carboxylic acids is 1. The van der Waals surface area contributed by atoms with Crippen molar-refractivity contribution in [3.8, 4) is 0 Å². The lowest BCUT2D eigenvalue weighted by molar-refractivity contribution is -0.137. The number of aromatic carboxylic acids is 1. The largest absolute Gasteiger partial charge is 0.480 e. The van der Waals surface area contributed by atoms with Crippen molar-refractivity contribution >= 4 is 39.2 Å². The first-order valence-corrected chi connectivity index (χ1v) is 9.46. The molecule has 0 aliphatic heterocycles. The summed E-state index contributed by atoms with van der Waals surface area (Å²) in [7, 11) is -4.28. The molecule has 0 aromatic heterocycles. The molecule has 0 aliphatic carbocycles. The van der Waals surface area contributed by atoms with Gasteiger partial charge in [-0.2, -0.15) is 0 Å². The molecule has 28 heavy (non-hydrogen) atoms. The van der Waals surface area contributed by atoms with Crippen LogP contribution in [0.1, 0.15) is 24.2 Å². The Morgan fingerprint density at radius 2 is 1.50 bits per heavy atom. The number of sulfonamides is 1. The predicted octanol–water partition coefficient (Wildman–Crippen LogP) is 2.01. The topological polar surface area (TPSA) is 141 Å². The monoisotopic (exact) mass is 406 g/mol. The summed E-state index contributed by atoms with van der Waals surface area (Å²) in [6, 6.07) is 8.63. The lowest BCUT2D eigenvalue weighted by Crippen LogP contribution is -2.43. The Morgan fingerprint density at radius 3 is 1.93 bits per heavy atom. The molecule has 2 aromatic carbocycles. The first-order chi connectivity index (χ1) is 13.0. The number of hydrogen-bond acceptors (Lipinski definition) is 5. The Kier molecular flexibility index (Phi) is 6.04. The lowest BCUT2D eigenvalue weighted by atomic mass is 10.2. The van der Waals surface area contributed by atoms with Gasteiger partial charge in [0.15, 0.2) is 0 Å². The summed E-state index contributed by atoms with van der Waals surface area (Å²) in [4.78, 5) is 33.4. The van der Waals surface area contributed by atoms with E-state index in [9.17, 15) is 27.9 Å². The van der Waals surface area contributed by atoms with E-state index in [1.165, 1.54) is 62.4 Å². The van der Waals surface area contributed by atoms with Gasteiger partial charge in [-0.15, -0.1) is 0 Å². The average molecular weight is 406 g/mol. The number of nitrogens with one attached hydrogen (secondary N) is 1. The molecule has 0 saturated carbocycles. The molecule has 0 aliphatic rings. The van der Waals surface area contributed by atoms with Crippen molar-refractivity contribution in [2.24, 2.45) is 0 Å². The molecule has 2 aromatic rings. The molecular formula is C18H18N2O7S. The van der Waals surface area contributed by atoms with Gasteiger partial charge < -0.3 is 15.5 Å². The third-order valence-electron chi connectivity index (χ3n) is 3.81. The van der Waals surface area contributed by atoms with E-state index in [1.54, 1.807) is 0 Å². The molecule has 10 heteroatoms. The van der Waals surface area contributed by atoms with Gasteiger partial charge in [-0.25, -0.2) is 18.0 Å². The SMILES string of the molecule is CC(=O)Nc1ccc(S(=O)(=O)N(c2ccc(C(=O)O)cc2)C(C)C(=O)O)cc1. The van der Waals surface area contributed by atoms with Gasteiger partial charge in [-0.1, -0.05) is 0 Å². The van der Waals surface area contributed by atoms with Crippen molar-refractivity contribution in [3.63, 3.8) is 0 Å². The van der Waals surface area contributed by atoms with Crippen molar-refractivity contribution in [1.29, 1.82) is 0 Å². The maximum absolute atomic E-state index is 13.1. The molecule has 0 heterocycles. The molecule has 3 N–H and O–H groups in total. The van der Waals surface area contributed by atoms with Crippen LogP contribution >= 0.6 is 0 Å². The predicted molar refractivity (Wildman–Crippen MR) is 101 cm³/mol. The molecule has 1 unspecified atom stereocenters. The minimum Gasteiger partial charge on any atom is -0.480 e. The van der Waals surface area contributed by atoms with Gasteiger partial charge in [0, 0.05) is 12.6 Å². The van der Waals surface area contributed by atoms with Crippen LogP contribution in [-0.4, -0.2) is 42.5 Å². The van der Waals surface area contributed by atoms with Crippen LogP contribution in [0, 0.1) is 0 Å². The van der Waals surface area contributed by atoms with Gasteiger partial charge >= 0.3 is 11.9 Å². The molecule has 9 nitrogen and oxygen atoms in total. The van der Waals surface area contributed by atoms with Crippen molar-refractivity contribution in [2.45, 2.75) is 24.8 Å². The quantitative estimate of drug-likeness (QED) is 0.638. The Morgan fingerprint density at radius 1 is 0.964 bits per heavy atom. The summed E-state index contributed by atoms with van der Waals surface area (Å²) >= 11 is 0. The smallest absolute Gasteiger partial charge is 0.335 e. The summed E-state index contributed by atoms with van der Waals surface area (Å²) < 4.78 is 26.9. The Hall–Kier alpha value is -3.40. The van der Waals surface area contributed by atoms with E-state index < -0.39 is 28.0 Å². The zero-order chi connectivity index (χ0) is 21.1. The number of amides is 1. The highest BCUT2D eigenvalue weighted by Crippen LogP contribution is 2.27. The van der Waals surface area contributed by atoms with Crippen LogP contribution in [0.5, 0.6) is 0 Å². The summed E-state index contributed by atoms with van der Waals surface area (Å²) in [5.74, 6) is -2.89. The van der Waals surface area contributed by atoms with Crippen LogP contribution in [0.25, 0.3) is 0 Å². The molecular weight excluding hydrogens is 388 g/mol. The van der Waals surface area contributed by atoms with E-state index in [4.69, 9.17) is 5.11 Å². The molecule has 1 atom stereocenters. The molecule has 2 rings (SSSR count). The maximum Gasteiger partial charge on any atom is 0.335 e. The standard InChI is InChI=1S/C18H18N2O7S/c1-11(17(22)23)20(15-7-3-13(4-8-15)18(24)25)28(26,27)16-9-5-14(6-10-16)19-12(2)21/h3-11H,1-2H3,(H,19,21)(H,22,23)(H,24,25). The Bertz CT molecular complexity index is 999. The molecule has 0 radical (unpaired) electrons. The van der Waals surface area contributed by atoms with Crippen molar-refractivity contribution in [3.05, 3.63) is 54.1 Å². The van der Waals surface area contributed by atoms with Gasteiger partial charge in [0.2, 0.25) is 5.91 Å². The van der Waals surface area contributed by atoms with Crippen LogP contribution in [0.2, 0.25) is 0 Å². The molecule has 0 bridgehead atoms. The number of nitrogens with zero attached hydrogens (tertiary/aromatic N) is 1. The van der Waals surface area contributed by atoms with E-state index in [0.717, 1.165) is 0 Å². The van der Waals surface area contributed by atoms with E-state index in [-0.39, 0.29) is 22.1 Å². The number of benzene rings is 2. The van der Waals surface area contributed by atoms with Gasteiger partial charge in [0.1, 0.15) is 6.04 Å². The van der Waals surface area contributed by atoms with Crippen molar-refractivity contribution in [1.82, 2.24) is 0 Å². The maximum atomic E-state index is 13.1. The van der Waals surface area contributed by atoms with Gasteiger partial charge in [-0.05, 0) is 55.5 Å². The number of carboxylic acids is 2. The summed E-state index contributed by atoms with van der Waals surface area (Å²) in [5.41, 5.74) is 0.324. The second-order valence-corrected chi connectivity index (χ2v) is 7.69. The zero-order valence-corrected chi connectivity index (χ0v) is 15.8. The second kappa shape index (κ2) is 8.09. The third kappa shape index (κ3) is 4.46. The van der Waals surface area contributed by atoms with E-state index in [0.29, 0.717) is 9.99 Å². The van der Waals surface area contributed by atoms with E-state index in [2.05, 4.69) is 5.32 Å². The summed E-state index contributed by atoms with van der Waals surface area (Å²) in [5, 5.41) is 20.8. The van der Waals surface area contributed by atoms with Gasteiger partial charge in [-0.3, -0.25) is 9.10 Å². The molecule has 1 amide bonds. The van der Waals surface area contributed by atoms with Crippen LogP contribution in [0.3, 0.4) is 0 Å². The lowest BCUT2D eigenvalue weighted by Gasteiger charge is -2.28. The third-order valence-corrected chi connectivity index (χ3v) is 5.72. The molecule has 0 fully saturated rings. The van der Waals surface area contributed by atoms with Crippen molar-refractivity contribution in [2.75, 3.05) is 9.62 Å². The minimum absolute atomic E-state index is 0.00541. The highest BCUT2D eigenvalue weighted by atomic mass is 32.2. The number of carbonyl (C=O) groups excluding carboxylic acids is 1. The first-order valence-electron chi connectivity index (χ1n) is 8.02. The van der Waals surface area contributed by atoms with E-state index >= 15 is 0 Å². The number of rotatable bonds is 7. The fourth-order valence-corrected chi connectivity index (χ4v) is 4.06. The minimum atomic E-state index is -4.28. The average Bonchev–Trinajstić information content (AvgIpc) is 2.62. The number of carboxylic acid groups (broad SMARTS) is 2. The van der Waals surface area contributed by atoms with Crippen LogP contribution in [0.4, 0.5) is 11.4 Å². The zero-order valence-electron chi connectivity index (χ0n) is 15.0. The van der Waals surface area contributed by atoms with Gasteiger partial charge in [0.05, 0.1) is 16.1 Å². The molecule has 148 valence electrons. The molecule has 0 saturated heterocycles. The first kappa shape index (κ1) is 20.9. The number of anilines is 2. The van der Waals surface area contributed by atoms with Crippen LogP contribution < -0.4 is 9.62 Å². The highest BCUT2D eigenvalue weighted by molar-refractivity contribution is 7.92. The highest BCUT2D eigenvalue weighted by Gasteiger charge is 2.33. The van der Waals surface area contributed by atoms with Gasteiger partial charge in [0.25, 0.3) is 10.0 Å². The molecule has 0 spiro atoms. The Balaban J connectivity index is 2.51. The fraction of sp³-hybridized carbons (Fsp3) is 0.167. The number of carbonyl (C=O) groups is 3. The fourth-order valence-electron chi connectivity index (χ4n) is 2.45. The number of hydrogen-bond donors (Lipinski definition) is 3. The van der Waals surface area contributed by atoms with Crippen LogP contribution in [-0.2, 0) is 19.6 Å². The normalized spacial score (nSPS) is 12.1. The van der Waals surface area contributed by atoms with Crippen molar-refractivity contribution < 1.29 is 33.0 Å². The second-order valence-electron chi connectivity index (χ2n) is 5.87. The summed E-state index contributed by atoms with van der Waals surface area (Å²) in [6.45, 7) is 2.51.